The molecule has 0 atom stereocenters. The third-order valence-corrected chi connectivity index (χ3v) is 2.66. The topological polar surface area (TPSA) is 49.8 Å². The molecule has 1 aliphatic rings. The van der Waals surface area contributed by atoms with Gasteiger partial charge in [-0.1, -0.05) is 6.92 Å². The van der Waals surface area contributed by atoms with Crippen molar-refractivity contribution in [2.75, 3.05) is 20.2 Å². The molecule has 0 heterocycles. The van der Waals surface area contributed by atoms with E-state index >= 15 is 0 Å². The molecule has 1 N–H and O–H groups in total. The highest BCUT2D eigenvalue weighted by Gasteiger charge is 2.33. The van der Waals surface area contributed by atoms with Gasteiger partial charge < -0.3 is 9.84 Å². The number of carbonyl (C=O) groups is 1. The molecule has 1 saturated carbocycles. The van der Waals surface area contributed by atoms with E-state index in [2.05, 4.69) is 0 Å². The van der Waals surface area contributed by atoms with Gasteiger partial charge in [-0.25, -0.2) is 0 Å². The van der Waals surface area contributed by atoms with Crippen LogP contribution in [-0.4, -0.2) is 48.3 Å². The zero-order chi connectivity index (χ0) is 9.84. The van der Waals surface area contributed by atoms with Gasteiger partial charge in [0.2, 0.25) is 0 Å². The Morgan fingerprint density at radius 1 is 1.62 bits per heavy atom. The number of ether oxygens (including phenoxy) is 1. The van der Waals surface area contributed by atoms with Gasteiger partial charge in [0.25, 0.3) is 0 Å². The average molecular weight is 187 g/mol. The minimum Gasteiger partial charge on any atom is -0.480 e. The van der Waals surface area contributed by atoms with Crippen molar-refractivity contribution in [2.45, 2.75) is 31.9 Å². The van der Waals surface area contributed by atoms with Gasteiger partial charge in [0.1, 0.15) is 0 Å². The van der Waals surface area contributed by atoms with Crippen molar-refractivity contribution < 1.29 is 14.6 Å². The molecule has 1 fully saturated rings. The average Bonchev–Trinajstić information content (AvgIpc) is 2.00. The fraction of sp³-hybridized carbons (Fsp3) is 0.889. The molecule has 1 aliphatic carbocycles. The lowest BCUT2D eigenvalue weighted by Crippen LogP contribution is -2.49. The number of nitrogens with zero attached hydrogens (tertiary/aromatic N) is 1. The molecule has 0 bridgehead atoms. The van der Waals surface area contributed by atoms with Crippen LogP contribution < -0.4 is 0 Å². The summed E-state index contributed by atoms with van der Waals surface area (Å²) in [6, 6.07) is 0.408. The Hall–Kier alpha value is -0.610. The van der Waals surface area contributed by atoms with E-state index in [1.54, 1.807) is 7.11 Å². The van der Waals surface area contributed by atoms with Crippen LogP contribution >= 0.6 is 0 Å². The fourth-order valence-electron chi connectivity index (χ4n) is 1.70. The first-order chi connectivity index (χ1) is 6.17. The van der Waals surface area contributed by atoms with Crippen molar-refractivity contribution in [2.24, 2.45) is 0 Å². The molecular formula is C9H17NO3. The Labute approximate surface area is 78.5 Å². The summed E-state index contributed by atoms with van der Waals surface area (Å²) in [6.07, 6.45) is 2.28. The summed E-state index contributed by atoms with van der Waals surface area (Å²) in [4.78, 5) is 12.5. The third-order valence-electron chi connectivity index (χ3n) is 2.66. The molecular weight excluding hydrogens is 170 g/mol. The Bertz CT molecular complexity index is 178. The van der Waals surface area contributed by atoms with Crippen molar-refractivity contribution in [3.63, 3.8) is 0 Å². The van der Waals surface area contributed by atoms with E-state index in [1.165, 1.54) is 0 Å². The number of methoxy groups -OCH3 is 1. The van der Waals surface area contributed by atoms with Crippen LogP contribution in [0.1, 0.15) is 19.8 Å². The highest BCUT2D eigenvalue weighted by molar-refractivity contribution is 5.69. The van der Waals surface area contributed by atoms with Crippen LogP contribution in [0.15, 0.2) is 0 Å². The van der Waals surface area contributed by atoms with E-state index in [0.29, 0.717) is 12.1 Å². The summed E-state index contributed by atoms with van der Waals surface area (Å²) in [6.45, 7) is 2.94. The lowest BCUT2D eigenvalue weighted by atomic mass is 9.88. The Kier molecular flexibility index (Phi) is 3.69. The maximum Gasteiger partial charge on any atom is 0.317 e. The zero-order valence-corrected chi connectivity index (χ0v) is 8.19. The Morgan fingerprint density at radius 2 is 2.23 bits per heavy atom. The standard InChI is InChI=1S/C9H17NO3/c1-3-10(6-9(11)12)7-4-8(5-7)13-2/h7-8H,3-6H2,1-2H3,(H,11,12). The summed E-state index contributed by atoms with van der Waals surface area (Å²) in [7, 11) is 1.70. The van der Waals surface area contributed by atoms with Crippen LogP contribution in [0.25, 0.3) is 0 Å². The van der Waals surface area contributed by atoms with E-state index in [-0.39, 0.29) is 6.54 Å². The maximum absolute atomic E-state index is 10.5. The van der Waals surface area contributed by atoms with Gasteiger partial charge in [0.15, 0.2) is 0 Å². The van der Waals surface area contributed by atoms with Crippen LogP contribution in [0, 0.1) is 0 Å². The van der Waals surface area contributed by atoms with Crippen molar-refractivity contribution in [3.05, 3.63) is 0 Å². The SMILES string of the molecule is CCN(CC(=O)O)C1CC(OC)C1. The first kappa shape index (κ1) is 10.5. The van der Waals surface area contributed by atoms with E-state index < -0.39 is 5.97 Å². The summed E-state index contributed by atoms with van der Waals surface area (Å²) in [5.41, 5.74) is 0. The number of rotatable bonds is 5. The van der Waals surface area contributed by atoms with Crippen LogP contribution in [0.3, 0.4) is 0 Å². The molecule has 0 spiro atoms. The lowest BCUT2D eigenvalue weighted by Gasteiger charge is -2.41. The minimum atomic E-state index is -0.747. The molecule has 0 aromatic carbocycles. The highest BCUT2D eigenvalue weighted by Crippen LogP contribution is 2.27. The first-order valence-electron chi connectivity index (χ1n) is 4.66. The molecule has 76 valence electrons. The molecule has 0 aromatic heterocycles. The second-order valence-electron chi connectivity index (χ2n) is 3.44. The van der Waals surface area contributed by atoms with Crippen molar-refractivity contribution in [1.82, 2.24) is 4.90 Å². The number of hydrogen-bond acceptors (Lipinski definition) is 3. The molecule has 0 aliphatic heterocycles. The van der Waals surface area contributed by atoms with Gasteiger partial charge >= 0.3 is 5.97 Å². The van der Waals surface area contributed by atoms with Gasteiger partial charge in [-0.05, 0) is 19.4 Å². The number of likely N-dealkylation sites (N-methyl/N-ethyl adjacent to an activating group) is 1. The molecule has 0 saturated heterocycles. The van der Waals surface area contributed by atoms with Crippen LogP contribution in [0.2, 0.25) is 0 Å². The lowest BCUT2D eigenvalue weighted by molar-refractivity contribution is -0.140. The van der Waals surface area contributed by atoms with Gasteiger partial charge in [0, 0.05) is 13.2 Å². The number of aliphatic carboxylic acids is 1. The molecule has 0 amide bonds. The predicted octanol–water partition coefficient (Wildman–Crippen LogP) is 0.570. The van der Waals surface area contributed by atoms with Gasteiger partial charge in [-0.2, -0.15) is 0 Å². The van der Waals surface area contributed by atoms with E-state index in [9.17, 15) is 4.79 Å². The van der Waals surface area contributed by atoms with Crippen molar-refractivity contribution >= 4 is 5.97 Å². The minimum absolute atomic E-state index is 0.150. The number of carboxylic acid groups (broad SMARTS) is 1. The van der Waals surface area contributed by atoms with E-state index in [4.69, 9.17) is 9.84 Å². The summed E-state index contributed by atoms with van der Waals surface area (Å²) in [5, 5.41) is 8.63. The largest absolute Gasteiger partial charge is 0.480 e. The summed E-state index contributed by atoms with van der Waals surface area (Å²) < 4.78 is 5.14. The van der Waals surface area contributed by atoms with Crippen LogP contribution in [0.4, 0.5) is 0 Å². The van der Waals surface area contributed by atoms with Gasteiger partial charge in [-0.3, -0.25) is 9.69 Å². The summed E-state index contributed by atoms with van der Waals surface area (Å²) in [5.74, 6) is -0.747. The number of carboxylic acids is 1. The molecule has 13 heavy (non-hydrogen) atoms. The molecule has 1 rings (SSSR count). The molecule has 4 nitrogen and oxygen atoms in total. The Balaban J connectivity index is 2.28. The van der Waals surface area contributed by atoms with Gasteiger partial charge in [0.05, 0.1) is 12.6 Å². The predicted molar refractivity (Wildman–Crippen MR) is 48.7 cm³/mol. The first-order valence-corrected chi connectivity index (χ1v) is 4.66. The third kappa shape index (κ3) is 2.67. The fourth-order valence-corrected chi connectivity index (χ4v) is 1.70. The molecule has 4 heteroatoms. The summed E-state index contributed by atoms with van der Waals surface area (Å²) >= 11 is 0. The van der Waals surface area contributed by atoms with E-state index in [1.807, 2.05) is 11.8 Å². The quantitative estimate of drug-likeness (QED) is 0.683. The smallest absolute Gasteiger partial charge is 0.317 e. The number of hydrogen-bond donors (Lipinski definition) is 1. The second kappa shape index (κ2) is 4.58. The van der Waals surface area contributed by atoms with Crippen molar-refractivity contribution in [3.8, 4) is 0 Å². The second-order valence-corrected chi connectivity index (χ2v) is 3.44. The zero-order valence-electron chi connectivity index (χ0n) is 8.19. The molecule has 0 radical (unpaired) electrons. The molecule has 0 unspecified atom stereocenters. The highest BCUT2D eigenvalue weighted by atomic mass is 16.5. The maximum atomic E-state index is 10.5. The molecule has 0 aromatic rings. The van der Waals surface area contributed by atoms with Crippen molar-refractivity contribution in [1.29, 1.82) is 0 Å². The normalized spacial score (nSPS) is 27.3. The van der Waals surface area contributed by atoms with Crippen LogP contribution in [0.5, 0.6) is 0 Å². The monoisotopic (exact) mass is 187 g/mol. The van der Waals surface area contributed by atoms with E-state index in [0.717, 1.165) is 19.4 Å². The van der Waals surface area contributed by atoms with Crippen LogP contribution in [-0.2, 0) is 9.53 Å². The Morgan fingerprint density at radius 3 is 2.62 bits per heavy atom. The van der Waals surface area contributed by atoms with Gasteiger partial charge in [-0.15, -0.1) is 0 Å².